The predicted molar refractivity (Wildman–Crippen MR) is 118 cm³/mol. The lowest BCUT2D eigenvalue weighted by atomic mass is 10.0. The molecule has 2 atom stereocenters. The molecule has 0 radical (unpaired) electrons. The van der Waals surface area contributed by atoms with Crippen LogP contribution in [0.4, 0.5) is 17.5 Å². The van der Waals surface area contributed by atoms with Crippen molar-refractivity contribution >= 4 is 28.2 Å². The zero-order valence-electron chi connectivity index (χ0n) is 16.4. The summed E-state index contributed by atoms with van der Waals surface area (Å²) >= 11 is 0. The Balaban J connectivity index is 1.43. The van der Waals surface area contributed by atoms with Crippen molar-refractivity contribution in [1.82, 2.24) is 25.3 Å². The molecule has 4 aromatic rings. The van der Waals surface area contributed by atoms with Crippen LogP contribution in [-0.4, -0.2) is 45.1 Å². The third-order valence-corrected chi connectivity index (χ3v) is 5.93. The van der Waals surface area contributed by atoms with Crippen molar-refractivity contribution in [2.45, 2.75) is 18.5 Å². The van der Waals surface area contributed by atoms with Gasteiger partial charge in [-0.2, -0.15) is 0 Å². The maximum absolute atomic E-state index is 4.94. The summed E-state index contributed by atoms with van der Waals surface area (Å²) in [6, 6.07) is 15.7. The quantitative estimate of drug-likeness (QED) is 0.548. The number of fused-ring (bicyclic) bond motifs is 3. The summed E-state index contributed by atoms with van der Waals surface area (Å²) in [5.74, 6) is 2.44. The van der Waals surface area contributed by atoms with Crippen LogP contribution in [0.2, 0.25) is 0 Å². The number of piperazine rings is 1. The maximum atomic E-state index is 4.94. The first-order chi connectivity index (χ1) is 14.8. The second kappa shape index (κ2) is 7.03. The number of benzene rings is 1. The maximum Gasteiger partial charge on any atom is 0.150 e. The van der Waals surface area contributed by atoms with Crippen LogP contribution in [0.1, 0.15) is 6.42 Å². The normalized spacial score (nSPS) is 20.1. The van der Waals surface area contributed by atoms with E-state index < -0.39 is 0 Å². The Bertz CT molecular complexity index is 1210. The zero-order chi connectivity index (χ0) is 19.9. The molecule has 1 aromatic carbocycles. The molecular weight excluding hydrogens is 374 g/mol. The van der Waals surface area contributed by atoms with Crippen LogP contribution >= 0.6 is 0 Å². The molecule has 30 heavy (non-hydrogen) atoms. The van der Waals surface area contributed by atoms with Gasteiger partial charge in [-0.15, -0.1) is 0 Å². The average molecular weight is 395 g/mol. The number of nitrogens with zero attached hydrogens (tertiary/aromatic N) is 5. The van der Waals surface area contributed by atoms with Gasteiger partial charge in [0.25, 0.3) is 0 Å². The average Bonchev–Trinajstić information content (AvgIpc) is 3.43. The molecule has 2 aliphatic heterocycles. The van der Waals surface area contributed by atoms with Crippen molar-refractivity contribution in [3.8, 4) is 11.3 Å². The Hall–Kier alpha value is -3.58. The van der Waals surface area contributed by atoms with Crippen LogP contribution in [0.3, 0.4) is 0 Å². The van der Waals surface area contributed by atoms with Crippen molar-refractivity contribution in [2.24, 2.45) is 0 Å². The van der Waals surface area contributed by atoms with Crippen LogP contribution in [-0.2, 0) is 0 Å². The minimum atomic E-state index is 0.534. The summed E-state index contributed by atoms with van der Waals surface area (Å²) in [5, 5.41) is 9.07. The molecule has 2 saturated heterocycles. The summed E-state index contributed by atoms with van der Waals surface area (Å²) in [6.07, 6.45) is 8.10. The molecule has 0 aliphatic carbocycles. The molecule has 0 saturated carbocycles. The van der Waals surface area contributed by atoms with Crippen LogP contribution in [0.15, 0.2) is 67.3 Å². The fourth-order valence-electron chi connectivity index (χ4n) is 4.54. The highest BCUT2D eigenvalue weighted by molar-refractivity contribution is 5.96. The number of nitrogens with one attached hydrogen (secondary N) is 2. The van der Waals surface area contributed by atoms with E-state index in [4.69, 9.17) is 4.98 Å². The van der Waals surface area contributed by atoms with Crippen molar-refractivity contribution in [3.05, 3.63) is 67.3 Å². The molecule has 2 N–H and O–H groups in total. The molecule has 7 heteroatoms. The van der Waals surface area contributed by atoms with Gasteiger partial charge in [-0.05, 0) is 30.0 Å². The van der Waals surface area contributed by atoms with Gasteiger partial charge in [0.15, 0.2) is 0 Å². The first kappa shape index (κ1) is 17.3. The molecule has 0 unspecified atom stereocenters. The van der Waals surface area contributed by atoms with E-state index >= 15 is 0 Å². The molecule has 0 spiro atoms. The standard InChI is InChI=1S/C23H21N7/c1-2-4-19-15(3-1)9-20(28-21-13-24-7-8-25-21)29-23(19)16-5-6-26-22(10-16)30-14-17-11-18(30)12-27-17/h1-10,13,17-18,27H,11-12,14H2,(H,25,28,29)/t17-,18-/m0/s1. The number of hydrogen-bond donors (Lipinski definition) is 2. The molecule has 7 nitrogen and oxygen atoms in total. The van der Waals surface area contributed by atoms with Gasteiger partial charge in [-0.1, -0.05) is 24.3 Å². The number of pyridine rings is 2. The Kier molecular flexibility index (Phi) is 4.06. The van der Waals surface area contributed by atoms with E-state index in [1.807, 2.05) is 24.4 Å². The fraction of sp³-hybridized carbons (Fsp3) is 0.217. The lowest BCUT2D eigenvalue weighted by Gasteiger charge is -2.28. The van der Waals surface area contributed by atoms with E-state index in [0.29, 0.717) is 17.9 Å². The van der Waals surface area contributed by atoms with Crippen molar-refractivity contribution < 1.29 is 0 Å². The fourth-order valence-corrected chi connectivity index (χ4v) is 4.54. The van der Waals surface area contributed by atoms with Gasteiger partial charge in [0.05, 0.1) is 11.9 Å². The van der Waals surface area contributed by atoms with Gasteiger partial charge < -0.3 is 15.5 Å². The topological polar surface area (TPSA) is 78.9 Å². The highest BCUT2D eigenvalue weighted by Gasteiger charge is 2.38. The Morgan fingerprint density at radius 1 is 1.00 bits per heavy atom. The molecule has 0 amide bonds. The van der Waals surface area contributed by atoms with Crippen molar-refractivity contribution in [1.29, 1.82) is 0 Å². The van der Waals surface area contributed by atoms with Gasteiger partial charge in [-0.25, -0.2) is 15.0 Å². The highest BCUT2D eigenvalue weighted by atomic mass is 15.3. The number of rotatable bonds is 4. The number of anilines is 3. The van der Waals surface area contributed by atoms with Crippen LogP contribution in [0.25, 0.3) is 22.0 Å². The van der Waals surface area contributed by atoms with E-state index in [2.05, 4.69) is 54.8 Å². The van der Waals surface area contributed by atoms with E-state index in [1.54, 1.807) is 18.6 Å². The van der Waals surface area contributed by atoms with Gasteiger partial charge in [0.2, 0.25) is 0 Å². The molecule has 2 aliphatic rings. The van der Waals surface area contributed by atoms with E-state index in [9.17, 15) is 0 Å². The number of hydrogen-bond acceptors (Lipinski definition) is 7. The zero-order valence-corrected chi connectivity index (χ0v) is 16.4. The molecule has 6 rings (SSSR count). The SMILES string of the molecule is c1ccc2c(-c3ccnc(N4C[C@@H]5C[C@H]4CN5)c3)nc(Nc3cnccn3)cc2c1. The van der Waals surface area contributed by atoms with Crippen LogP contribution < -0.4 is 15.5 Å². The lowest BCUT2D eigenvalue weighted by Crippen LogP contribution is -2.43. The second-order valence-electron chi connectivity index (χ2n) is 7.84. The van der Waals surface area contributed by atoms with Crippen LogP contribution in [0, 0.1) is 0 Å². The Labute approximate surface area is 174 Å². The predicted octanol–water partition coefficient (Wildman–Crippen LogP) is 3.38. The first-order valence-corrected chi connectivity index (χ1v) is 10.2. The van der Waals surface area contributed by atoms with Crippen LogP contribution in [0.5, 0.6) is 0 Å². The molecule has 5 heterocycles. The van der Waals surface area contributed by atoms with Crippen molar-refractivity contribution in [3.63, 3.8) is 0 Å². The molecule has 2 fully saturated rings. The smallest absolute Gasteiger partial charge is 0.150 e. The van der Waals surface area contributed by atoms with Gasteiger partial charge in [0.1, 0.15) is 17.5 Å². The second-order valence-corrected chi connectivity index (χ2v) is 7.84. The summed E-state index contributed by atoms with van der Waals surface area (Å²) < 4.78 is 0. The van der Waals surface area contributed by atoms with Gasteiger partial charge in [-0.3, -0.25) is 4.98 Å². The third-order valence-electron chi connectivity index (χ3n) is 5.93. The monoisotopic (exact) mass is 395 g/mol. The Morgan fingerprint density at radius 2 is 1.97 bits per heavy atom. The van der Waals surface area contributed by atoms with E-state index in [1.165, 1.54) is 6.42 Å². The van der Waals surface area contributed by atoms with E-state index in [-0.39, 0.29) is 0 Å². The Morgan fingerprint density at radius 3 is 2.80 bits per heavy atom. The van der Waals surface area contributed by atoms with Gasteiger partial charge in [0, 0.05) is 54.7 Å². The largest absolute Gasteiger partial charge is 0.351 e. The molecule has 3 aromatic heterocycles. The summed E-state index contributed by atoms with van der Waals surface area (Å²) in [5.41, 5.74) is 2.00. The summed E-state index contributed by atoms with van der Waals surface area (Å²) in [4.78, 5) is 20.5. The van der Waals surface area contributed by atoms with E-state index in [0.717, 1.165) is 46.8 Å². The van der Waals surface area contributed by atoms with Gasteiger partial charge >= 0.3 is 0 Å². The lowest BCUT2D eigenvalue weighted by molar-refractivity contribution is 0.576. The molecule has 148 valence electrons. The molecular formula is C23H21N7. The summed E-state index contributed by atoms with van der Waals surface area (Å²) in [7, 11) is 0. The molecule has 2 bridgehead atoms. The minimum absolute atomic E-state index is 0.534. The van der Waals surface area contributed by atoms with Crippen molar-refractivity contribution in [2.75, 3.05) is 23.3 Å². The summed E-state index contributed by atoms with van der Waals surface area (Å²) in [6.45, 7) is 2.05. The first-order valence-electron chi connectivity index (χ1n) is 10.2. The number of aromatic nitrogens is 4. The third kappa shape index (κ3) is 3.04. The minimum Gasteiger partial charge on any atom is -0.351 e. The highest BCUT2D eigenvalue weighted by Crippen LogP contribution is 2.33.